The zero-order valence-electron chi connectivity index (χ0n) is 10.4. The minimum atomic E-state index is -4.03. The third kappa shape index (κ3) is 3.65. The lowest BCUT2D eigenvalue weighted by molar-refractivity contribution is -0.140. The predicted octanol–water partition coefficient (Wildman–Crippen LogP) is 1.66. The number of nitrogens with zero attached hydrogens (tertiary/aromatic N) is 1. The van der Waals surface area contributed by atoms with Gasteiger partial charge in [-0.25, -0.2) is 17.1 Å². The molecular formula is C11H13ClFNO4S. The summed E-state index contributed by atoms with van der Waals surface area (Å²) in [5.41, 5.74) is 0. The maximum Gasteiger partial charge on any atom is 0.306 e. The molecule has 0 spiro atoms. The molecule has 0 atom stereocenters. The Hall–Kier alpha value is -1.18. The van der Waals surface area contributed by atoms with Crippen molar-refractivity contribution < 1.29 is 22.3 Å². The first-order chi connectivity index (χ1) is 8.80. The second-order valence-corrected chi connectivity index (χ2v) is 6.13. The van der Waals surface area contributed by atoms with E-state index in [9.17, 15) is 17.6 Å². The van der Waals surface area contributed by atoms with Crippen molar-refractivity contribution in [1.29, 1.82) is 0 Å². The van der Waals surface area contributed by atoms with Crippen LogP contribution in [0.3, 0.4) is 0 Å². The highest BCUT2D eigenvalue weighted by molar-refractivity contribution is 7.89. The van der Waals surface area contributed by atoms with Gasteiger partial charge in [0.1, 0.15) is 4.90 Å². The molecular weight excluding hydrogens is 297 g/mol. The number of hydrogen-bond donors (Lipinski definition) is 0. The number of esters is 1. The zero-order chi connectivity index (χ0) is 14.6. The van der Waals surface area contributed by atoms with Crippen LogP contribution in [0.4, 0.5) is 4.39 Å². The van der Waals surface area contributed by atoms with E-state index >= 15 is 0 Å². The molecule has 0 aliphatic carbocycles. The summed E-state index contributed by atoms with van der Waals surface area (Å²) in [4.78, 5) is 10.4. The molecule has 5 nitrogen and oxygen atoms in total. The number of hydrogen-bond acceptors (Lipinski definition) is 4. The Morgan fingerprint density at radius 2 is 2.11 bits per heavy atom. The van der Waals surface area contributed by atoms with Gasteiger partial charge in [0.2, 0.25) is 10.0 Å². The number of sulfonamides is 1. The van der Waals surface area contributed by atoms with Crippen LogP contribution in [0.1, 0.15) is 6.42 Å². The van der Waals surface area contributed by atoms with Crippen molar-refractivity contribution in [1.82, 2.24) is 4.31 Å². The third-order valence-corrected chi connectivity index (χ3v) is 4.63. The van der Waals surface area contributed by atoms with Gasteiger partial charge in [-0.15, -0.1) is 0 Å². The van der Waals surface area contributed by atoms with Gasteiger partial charge in [-0.05, 0) is 12.1 Å². The lowest BCUT2D eigenvalue weighted by Gasteiger charge is -2.17. The van der Waals surface area contributed by atoms with Crippen LogP contribution in [-0.4, -0.2) is 39.4 Å². The van der Waals surface area contributed by atoms with Crippen LogP contribution in [-0.2, 0) is 19.6 Å². The highest BCUT2D eigenvalue weighted by Crippen LogP contribution is 2.24. The molecule has 0 fully saturated rings. The molecule has 0 radical (unpaired) electrons. The average molecular weight is 310 g/mol. The van der Waals surface area contributed by atoms with E-state index < -0.39 is 26.7 Å². The van der Waals surface area contributed by atoms with E-state index in [4.69, 9.17) is 11.6 Å². The smallest absolute Gasteiger partial charge is 0.306 e. The van der Waals surface area contributed by atoms with E-state index in [0.717, 1.165) is 10.4 Å². The molecule has 0 N–H and O–H groups in total. The first-order valence-corrected chi connectivity index (χ1v) is 7.09. The molecule has 0 amide bonds. The second kappa shape index (κ2) is 6.31. The summed E-state index contributed by atoms with van der Waals surface area (Å²) >= 11 is 5.54. The van der Waals surface area contributed by atoms with Crippen LogP contribution in [0.25, 0.3) is 0 Å². The summed E-state index contributed by atoms with van der Waals surface area (Å²) in [6.07, 6.45) is -0.117. The Kier molecular flexibility index (Phi) is 5.28. The molecule has 0 aliphatic heterocycles. The fourth-order valence-electron chi connectivity index (χ4n) is 1.32. The quantitative estimate of drug-likeness (QED) is 0.776. The van der Waals surface area contributed by atoms with Crippen molar-refractivity contribution in [3.63, 3.8) is 0 Å². The fourth-order valence-corrected chi connectivity index (χ4v) is 2.81. The first-order valence-electron chi connectivity index (χ1n) is 5.28. The lowest BCUT2D eigenvalue weighted by atomic mass is 10.3. The minimum Gasteiger partial charge on any atom is -0.469 e. The number of methoxy groups -OCH3 is 1. The number of ether oxygens (including phenoxy) is 1. The van der Waals surface area contributed by atoms with E-state index in [2.05, 4.69) is 4.74 Å². The Morgan fingerprint density at radius 3 is 2.68 bits per heavy atom. The van der Waals surface area contributed by atoms with Crippen molar-refractivity contribution >= 4 is 27.6 Å². The molecule has 106 valence electrons. The maximum absolute atomic E-state index is 13.7. The van der Waals surface area contributed by atoms with Crippen molar-refractivity contribution in [2.24, 2.45) is 0 Å². The number of benzene rings is 1. The van der Waals surface area contributed by atoms with E-state index in [1.54, 1.807) is 0 Å². The first kappa shape index (κ1) is 15.9. The van der Waals surface area contributed by atoms with E-state index in [0.29, 0.717) is 0 Å². The van der Waals surface area contributed by atoms with E-state index in [1.807, 2.05) is 0 Å². The Labute approximate surface area is 116 Å². The molecule has 1 aromatic rings. The minimum absolute atomic E-state index is 0.110. The summed E-state index contributed by atoms with van der Waals surface area (Å²) in [7, 11) is -1.58. The molecule has 1 aromatic carbocycles. The number of carbonyl (C=O) groups excluding carboxylic acids is 1. The average Bonchev–Trinajstić information content (AvgIpc) is 2.38. The normalized spacial score (nSPS) is 11.6. The van der Waals surface area contributed by atoms with Gasteiger partial charge in [-0.1, -0.05) is 17.7 Å². The Morgan fingerprint density at radius 1 is 1.47 bits per heavy atom. The van der Waals surface area contributed by atoms with Gasteiger partial charge in [-0.3, -0.25) is 4.79 Å². The summed E-state index contributed by atoms with van der Waals surface area (Å²) in [6, 6.07) is 3.71. The molecule has 8 heteroatoms. The van der Waals surface area contributed by atoms with Gasteiger partial charge in [0.25, 0.3) is 0 Å². The number of halogens is 2. The molecule has 0 aliphatic rings. The molecule has 0 aromatic heterocycles. The zero-order valence-corrected chi connectivity index (χ0v) is 12.0. The third-order valence-electron chi connectivity index (χ3n) is 2.46. The van der Waals surface area contributed by atoms with E-state index in [-0.39, 0.29) is 18.0 Å². The number of carbonyl (C=O) groups is 1. The van der Waals surface area contributed by atoms with Gasteiger partial charge in [0.05, 0.1) is 18.6 Å². The fraction of sp³-hybridized carbons (Fsp3) is 0.364. The largest absolute Gasteiger partial charge is 0.469 e. The van der Waals surface area contributed by atoms with E-state index in [1.165, 1.54) is 26.3 Å². The molecule has 19 heavy (non-hydrogen) atoms. The van der Waals surface area contributed by atoms with Crippen LogP contribution < -0.4 is 0 Å². The summed E-state index contributed by atoms with van der Waals surface area (Å²) in [5, 5.41) is -0.276. The molecule has 0 saturated carbocycles. The molecule has 0 saturated heterocycles. The highest BCUT2D eigenvalue weighted by atomic mass is 35.5. The highest BCUT2D eigenvalue weighted by Gasteiger charge is 2.25. The Bertz CT molecular complexity index is 576. The number of rotatable bonds is 5. The topological polar surface area (TPSA) is 63.7 Å². The standard InChI is InChI=1S/C11H13ClFNO4S/c1-14(7-6-10(15)18-2)19(16,17)9-5-3-4-8(12)11(9)13/h3-5H,6-7H2,1-2H3. The maximum atomic E-state index is 13.7. The molecule has 0 heterocycles. The van der Waals surface area contributed by atoms with Gasteiger partial charge in [0.15, 0.2) is 5.82 Å². The molecule has 0 bridgehead atoms. The van der Waals surface area contributed by atoms with Crippen molar-refractivity contribution in [2.75, 3.05) is 20.7 Å². The SMILES string of the molecule is COC(=O)CCN(C)S(=O)(=O)c1cccc(Cl)c1F. The molecule has 0 unspecified atom stereocenters. The second-order valence-electron chi connectivity index (χ2n) is 3.70. The van der Waals surface area contributed by atoms with Gasteiger partial charge in [-0.2, -0.15) is 0 Å². The van der Waals surface area contributed by atoms with Gasteiger partial charge >= 0.3 is 5.97 Å². The van der Waals surface area contributed by atoms with Crippen molar-refractivity contribution in [2.45, 2.75) is 11.3 Å². The van der Waals surface area contributed by atoms with Crippen LogP contribution >= 0.6 is 11.6 Å². The van der Waals surface area contributed by atoms with Gasteiger partial charge < -0.3 is 4.74 Å². The van der Waals surface area contributed by atoms with Crippen molar-refractivity contribution in [3.05, 3.63) is 29.0 Å². The monoisotopic (exact) mass is 309 g/mol. The van der Waals surface area contributed by atoms with Gasteiger partial charge in [0, 0.05) is 13.6 Å². The predicted molar refractivity (Wildman–Crippen MR) is 67.9 cm³/mol. The lowest BCUT2D eigenvalue weighted by Crippen LogP contribution is -2.30. The summed E-state index contributed by atoms with van der Waals surface area (Å²) < 4.78 is 43.1. The van der Waals surface area contributed by atoms with Crippen LogP contribution in [0.5, 0.6) is 0 Å². The molecule has 1 rings (SSSR count). The van der Waals surface area contributed by atoms with Crippen molar-refractivity contribution in [3.8, 4) is 0 Å². The Balaban J connectivity index is 2.97. The van der Waals surface area contributed by atoms with Crippen LogP contribution in [0, 0.1) is 5.82 Å². The van der Waals surface area contributed by atoms with Crippen LogP contribution in [0.15, 0.2) is 23.1 Å². The van der Waals surface area contributed by atoms with Crippen LogP contribution in [0.2, 0.25) is 5.02 Å². The summed E-state index contributed by atoms with van der Waals surface area (Å²) in [6.45, 7) is -0.110. The summed E-state index contributed by atoms with van der Waals surface area (Å²) in [5.74, 6) is -1.55.